The molecular weight excluding hydrogens is 219 g/mol. The first-order chi connectivity index (χ1) is 8.31. The molecule has 4 heteroatoms. The van der Waals surface area contributed by atoms with Crippen molar-refractivity contribution in [3.05, 3.63) is 54.1 Å². The van der Waals surface area contributed by atoms with E-state index in [4.69, 9.17) is 10.5 Å². The lowest BCUT2D eigenvalue weighted by atomic mass is 10.1. The molecule has 1 heterocycles. The number of rotatable bonds is 4. The van der Waals surface area contributed by atoms with Crippen LogP contribution in [0.3, 0.4) is 0 Å². The van der Waals surface area contributed by atoms with Gasteiger partial charge in [-0.05, 0) is 36.7 Å². The van der Waals surface area contributed by atoms with Crippen LogP contribution in [0.1, 0.15) is 5.56 Å². The highest BCUT2D eigenvalue weighted by atomic mass is 19.1. The first-order valence-corrected chi connectivity index (χ1v) is 5.36. The van der Waals surface area contributed by atoms with Crippen molar-refractivity contribution in [1.29, 1.82) is 0 Å². The van der Waals surface area contributed by atoms with Gasteiger partial charge in [0.2, 0.25) is 0 Å². The van der Waals surface area contributed by atoms with E-state index in [1.54, 1.807) is 30.6 Å². The molecule has 0 spiro atoms. The van der Waals surface area contributed by atoms with Crippen molar-refractivity contribution in [2.45, 2.75) is 6.42 Å². The molecule has 0 amide bonds. The minimum Gasteiger partial charge on any atom is -0.452 e. The lowest BCUT2D eigenvalue weighted by Gasteiger charge is -2.11. The second-order valence-corrected chi connectivity index (χ2v) is 3.56. The smallest absolute Gasteiger partial charge is 0.166 e. The first kappa shape index (κ1) is 11.5. The summed E-state index contributed by atoms with van der Waals surface area (Å²) in [4.78, 5) is 3.91. The number of nitrogens with two attached hydrogens (primary N) is 1. The van der Waals surface area contributed by atoms with Gasteiger partial charge in [0.25, 0.3) is 0 Å². The maximum atomic E-state index is 13.7. The molecular formula is C13H13FN2O. The SMILES string of the molecule is NCCc1cccc(F)c1Oc1cccnc1. The molecule has 3 nitrogen and oxygen atoms in total. The largest absolute Gasteiger partial charge is 0.452 e. The van der Waals surface area contributed by atoms with E-state index < -0.39 is 0 Å². The molecule has 2 rings (SSSR count). The number of para-hydroxylation sites is 1. The Hall–Kier alpha value is -1.94. The van der Waals surface area contributed by atoms with E-state index in [-0.39, 0.29) is 11.6 Å². The normalized spacial score (nSPS) is 10.2. The second-order valence-electron chi connectivity index (χ2n) is 3.56. The number of benzene rings is 1. The second kappa shape index (κ2) is 5.41. The summed E-state index contributed by atoms with van der Waals surface area (Å²) >= 11 is 0. The fourth-order valence-electron chi connectivity index (χ4n) is 1.55. The van der Waals surface area contributed by atoms with Crippen LogP contribution < -0.4 is 10.5 Å². The Labute approximate surface area is 99.1 Å². The molecule has 2 aromatic rings. The number of hydrogen-bond acceptors (Lipinski definition) is 3. The predicted molar refractivity (Wildman–Crippen MR) is 63.5 cm³/mol. The van der Waals surface area contributed by atoms with Gasteiger partial charge in [-0.2, -0.15) is 0 Å². The van der Waals surface area contributed by atoms with Crippen LogP contribution >= 0.6 is 0 Å². The summed E-state index contributed by atoms with van der Waals surface area (Å²) in [6.07, 6.45) is 3.75. The van der Waals surface area contributed by atoms with Crippen LogP contribution in [0.15, 0.2) is 42.7 Å². The Morgan fingerprint density at radius 2 is 2.12 bits per heavy atom. The molecule has 0 aliphatic heterocycles. The average molecular weight is 232 g/mol. The third-order valence-corrected chi connectivity index (χ3v) is 2.32. The molecule has 2 N–H and O–H groups in total. The van der Waals surface area contributed by atoms with Crippen molar-refractivity contribution in [2.24, 2.45) is 5.73 Å². The van der Waals surface area contributed by atoms with Gasteiger partial charge in [0.15, 0.2) is 11.6 Å². The zero-order valence-corrected chi connectivity index (χ0v) is 9.27. The van der Waals surface area contributed by atoms with E-state index in [1.807, 2.05) is 6.07 Å². The van der Waals surface area contributed by atoms with Gasteiger partial charge < -0.3 is 10.5 Å². The van der Waals surface area contributed by atoms with E-state index >= 15 is 0 Å². The van der Waals surface area contributed by atoms with Crippen molar-refractivity contribution < 1.29 is 9.13 Å². The van der Waals surface area contributed by atoms with E-state index in [1.165, 1.54) is 6.07 Å². The topological polar surface area (TPSA) is 48.1 Å². The van der Waals surface area contributed by atoms with Gasteiger partial charge in [-0.3, -0.25) is 4.98 Å². The van der Waals surface area contributed by atoms with Crippen molar-refractivity contribution in [3.63, 3.8) is 0 Å². The Morgan fingerprint density at radius 1 is 1.24 bits per heavy atom. The molecule has 0 saturated carbocycles. The Bertz CT molecular complexity index is 488. The predicted octanol–water partition coefficient (Wildman–Crippen LogP) is 2.51. The quantitative estimate of drug-likeness (QED) is 0.881. The van der Waals surface area contributed by atoms with Crippen LogP contribution in [-0.2, 0) is 6.42 Å². The molecule has 0 unspecified atom stereocenters. The minimum atomic E-state index is -0.389. The zero-order chi connectivity index (χ0) is 12.1. The zero-order valence-electron chi connectivity index (χ0n) is 9.27. The molecule has 88 valence electrons. The summed E-state index contributed by atoms with van der Waals surface area (Å²) in [5.74, 6) is 0.349. The molecule has 0 radical (unpaired) electrons. The lowest BCUT2D eigenvalue weighted by Crippen LogP contribution is -2.05. The van der Waals surface area contributed by atoms with E-state index in [9.17, 15) is 4.39 Å². The van der Waals surface area contributed by atoms with Crippen LogP contribution in [0.4, 0.5) is 4.39 Å². The summed E-state index contributed by atoms with van der Waals surface area (Å²) in [6.45, 7) is 0.451. The average Bonchev–Trinajstić information content (AvgIpc) is 2.35. The fraction of sp³-hybridized carbons (Fsp3) is 0.154. The fourth-order valence-corrected chi connectivity index (χ4v) is 1.55. The highest BCUT2D eigenvalue weighted by molar-refractivity contribution is 5.38. The number of nitrogens with zero attached hydrogens (tertiary/aromatic N) is 1. The van der Waals surface area contributed by atoms with Gasteiger partial charge in [0, 0.05) is 6.20 Å². The van der Waals surface area contributed by atoms with Crippen LogP contribution in [0.5, 0.6) is 11.5 Å². The van der Waals surface area contributed by atoms with Crippen LogP contribution in [0.2, 0.25) is 0 Å². The Morgan fingerprint density at radius 3 is 2.82 bits per heavy atom. The lowest BCUT2D eigenvalue weighted by molar-refractivity contribution is 0.434. The molecule has 0 aliphatic carbocycles. The van der Waals surface area contributed by atoms with Gasteiger partial charge >= 0.3 is 0 Å². The monoisotopic (exact) mass is 232 g/mol. The van der Waals surface area contributed by atoms with Crippen LogP contribution in [0, 0.1) is 5.82 Å². The number of aromatic nitrogens is 1. The summed E-state index contributed by atoms with van der Waals surface area (Å²) in [6, 6.07) is 8.29. The van der Waals surface area contributed by atoms with Gasteiger partial charge in [0.1, 0.15) is 5.75 Å². The maximum absolute atomic E-state index is 13.7. The number of pyridine rings is 1. The van der Waals surface area contributed by atoms with E-state index in [0.29, 0.717) is 18.7 Å². The number of halogens is 1. The molecule has 0 bridgehead atoms. The highest BCUT2D eigenvalue weighted by Crippen LogP contribution is 2.28. The van der Waals surface area contributed by atoms with Gasteiger partial charge in [0.05, 0.1) is 6.20 Å². The maximum Gasteiger partial charge on any atom is 0.166 e. The standard InChI is InChI=1S/C13H13FN2O/c14-12-5-1-3-10(6-7-15)13(12)17-11-4-2-8-16-9-11/h1-5,8-9H,6-7,15H2. The Kier molecular flexibility index (Phi) is 3.67. The molecule has 0 aliphatic rings. The van der Waals surface area contributed by atoms with E-state index in [2.05, 4.69) is 4.98 Å². The Balaban J connectivity index is 2.31. The van der Waals surface area contributed by atoms with Crippen LogP contribution in [0.25, 0.3) is 0 Å². The van der Waals surface area contributed by atoms with E-state index in [0.717, 1.165) is 5.56 Å². The summed E-state index contributed by atoms with van der Waals surface area (Å²) in [5.41, 5.74) is 6.24. The minimum absolute atomic E-state index is 0.228. The number of ether oxygens (including phenoxy) is 1. The summed E-state index contributed by atoms with van der Waals surface area (Å²) in [7, 11) is 0. The van der Waals surface area contributed by atoms with Crippen molar-refractivity contribution >= 4 is 0 Å². The van der Waals surface area contributed by atoms with Crippen LogP contribution in [-0.4, -0.2) is 11.5 Å². The summed E-state index contributed by atoms with van der Waals surface area (Å²) < 4.78 is 19.2. The molecule has 0 fully saturated rings. The molecule has 1 aromatic heterocycles. The van der Waals surface area contributed by atoms with Crippen molar-refractivity contribution in [1.82, 2.24) is 4.98 Å². The molecule has 1 aromatic carbocycles. The first-order valence-electron chi connectivity index (χ1n) is 5.36. The third kappa shape index (κ3) is 2.79. The molecule has 17 heavy (non-hydrogen) atoms. The number of hydrogen-bond donors (Lipinski definition) is 1. The highest BCUT2D eigenvalue weighted by Gasteiger charge is 2.10. The van der Waals surface area contributed by atoms with Gasteiger partial charge in [-0.25, -0.2) is 4.39 Å². The summed E-state index contributed by atoms with van der Waals surface area (Å²) in [5, 5.41) is 0. The molecule has 0 atom stereocenters. The van der Waals surface area contributed by atoms with Crippen molar-refractivity contribution in [2.75, 3.05) is 6.54 Å². The van der Waals surface area contributed by atoms with Gasteiger partial charge in [-0.15, -0.1) is 0 Å². The van der Waals surface area contributed by atoms with Gasteiger partial charge in [-0.1, -0.05) is 12.1 Å². The molecule has 0 saturated heterocycles. The van der Waals surface area contributed by atoms with Crippen molar-refractivity contribution in [3.8, 4) is 11.5 Å². The third-order valence-electron chi connectivity index (χ3n) is 2.32.